The Morgan fingerprint density at radius 2 is 2.22 bits per heavy atom. The van der Waals surface area contributed by atoms with Gasteiger partial charge in [0.2, 0.25) is 5.91 Å². The molecule has 0 atom stereocenters. The Morgan fingerprint density at radius 1 is 1.56 bits per heavy atom. The van der Waals surface area contributed by atoms with E-state index in [1.165, 1.54) is 0 Å². The first-order valence-electron chi connectivity index (χ1n) is 5.85. The topological polar surface area (TPSA) is 69.0 Å². The third-order valence-electron chi connectivity index (χ3n) is 2.55. The van der Waals surface area contributed by atoms with Crippen LogP contribution in [0.3, 0.4) is 0 Å². The maximum Gasteiger partial charge on any atom is 0.239 e. The Hall–Kier alpha value is -2.09. The summed E-state index contributed by atoms with van der Waals surface area (Å²) in [4.78, 5) is 17.6. The first kappa shape index (κ1) is 14.0. The van der Waals surface area contributed by atoms with Gasteiger partial charge in [0.1, 0.15) is 11.9 Å². The summed E-state index contributed by atoms with van der Waals surface area (Å²) in [6.07, 6.45) is 0. The third-order valence-corrected chi connectivity index (χ3v) is 2.55. The lowest BCUT2D eigenvalue weighted by atomic mass is 10.1. The van der Waals surface area contributed by atoms with E-state index in [-0.39, 0.29) is 12.5 Å². The van der Waals surface area contributed by atoms with Gasteiger partial charge in [-0.25, -0.2) is 4.98 Å². The molecule has 5 nitrogen and oxygen atoms in total. The molecule has 1 amide bonds. The van der Waals surface area contributed by atoms with E-state index in [9.17, 15) is 4.79 Å². The Labute approximate surface area is 107 Å². The number of hydrogen-bond acceptors (Lipinski definition) is 4. The van der Waals surface area contributed by atoms with Crippen molar-refractivity contribution in [1.82, 2.24) is 10.3 Å². The van der Waals surface area contributed by atoms with Crippen molar-refractivity contribution >= 4 is 11.7 Å². The number of nitriles is 1. The molecule has 96 valence electrons. The van der Waals surface area contributed by atoms with Crippen molar-refractivity contribution in [2.75, 3.05) is 25.0 Å². The highest BCUT2D eigenvalue weighted by Gasteiger charge is 2.14. The monoisotopic (exact) mass is 246 g/mol. The van der Waals surface area contributed by atoms with Crippen LogP contribution in [0, 0.1) is 25.2 Å². The van der Waals surface area contributed by atoms with Crippen molar-refractivity contribution < 1.29 is 4.79 Å². The van der Waals surface area contributed by atoms with Gasteiger partial charge in [-0.15, -0.1) is 0 Å². The van der Waals surface area contributed by atoms with E-state index in [2.05, 4.69) is 16.4 Å². The minimum Gasteiger partial charge on any atom is -0.355 e. The fraction of sp³-hybridized carbons (Fsp3) is 0.462. The highest BCUT2D eigenvalue weighted by Crippen LogP contribution is 2.20. The summed E-state index contributed by atoms with van der Waals surface area (Å²) in [7, 11) is 1.76. The molecule has 0 saturated carbocycles. The van der Waals surface area contributed by atoms with Crippen LogP contribution in [0.15, 0.2) is 6.07 Å². The molecule has 1 rings (SSSR count). The van der Waals surface area contributed by atoms with Crippen molar-refractivity contribution in [2.24, 2.45) is 0 Å². The quantitative estimate of drug-likeness (QED) is 0.865. The molecule has 1 aromatic heterocycles. The van der Waals surface area contributed by atoms with Crippen LogP contribution in [0.1, 0.15) is 23.7 Å². The zero-order valence-electron chi connectivity index (χ0n) is 11.2. The zero-order chi connectivity index (χ0) is 13.7. The lowest BCUT2D eigenvalue weighted by molar-refractivity contribution is -0.119. The minimum atomic E-state index is -0.0788. The average molecular weight is 246 g/mol. The Morgan fingerprint density at radius 3 is 2.78 bits per heavy atom. The van der Waals surface area contributed by atoms with E-state index in [0.717, 1.165) is 11.3 Å². The second kappa shape index (κ2) is 6.01. The van der Waals surface area contributed by atoms with E-state index in [1.807, 2.05) is 26.8 Å². The SMILES string of the molecule is CCNC(=O)CN(C)c1nc(C)cc(C)c1C#N. The van der Waals surface area contributed by atoms with Crippen LogP contribution in [0.2, 0.25) is 0 Å². The Bertz CT molecular complexity index is 490. The van der Waals surface area contributed by atoms with Gasteiger partial charge in [-0.3, -0.25) is 4.79 Å². The number of hydrogen-bond donors (Lipinski definition) is 1. The van der Waals surface area contributed by atoms with Crippen LogP contribution >= 0.6 is 0 Å². The number of aryl methyl sites for hydroxylation is 2. The lowest BCUT2D eigenvalue weighted by Crippen LogP contribution is -2.35. The number of amides is 1. The number of likely N-dealkylation sites (N-methyl/N-ethyl adjacent to an activating group) is 2. The van der Waals surface area contributed by atoms with Gasteiger partial charge >= 0.3 is 0 Å². The van der Waals surface area contributed by atoms with Crippen molar-refractivity contribution in [2.45, 2.75) is 20.8 Å². The van der Waals surface area contributed by atoms with Crippen molar-refractivity contribution in [3.05, 3.63) is 22.9 Å². The molecule has 0 spiro atoms. The first-order chi connectivity index (χ1) is 8.49. The van der Waals surface area contributed by atoms with Gasteiger partial charge in [0.05, 0.1) is 12.1 Å². The highest BCUT2D eigenvalue weighted by atomic mass is 16.2. The number of carbonyl (C=O) groups is 1. The van der Waals surface area contributed by atoms with Gasteiger partial charge in [0.25, 0.3) is 0 Å². The summed E-state index contributed by atoms with van der Waals surface area (Å²) < 4.78 is 0. The van der Waals surface area contributed by atoms with Crippen LogP contribution < -0.4 is 10.2 Å². The maximum absolute atomic E-state index is 11.5. The Kier molecular flexibility index (Phi) is 4.67. The molecule has 0 unspecified atom stereocenters. The molecule has 0 aliphatic carbocycles. The lowest BCUT2D eigenvalue weighted by Gasteiger charge is -2.20. The van der Waals surface area contributed by atoms with Gasteiger partial charge in [0, 0.05) is 19.3 Å². The molecular weight excluding hydrogens is 228 g/mol. The molecule has 1 heterocycles. The van der Waals surface area contributed by atoms with E-state index in [0.29, 0.717) is 17.9 Å². The second-order valence-electron chi connectivity index (χ2n) is 4.20. The smallest absolute Gasteiger partial charge is 0.239 e. The number of rotatable bonds is 4. The summed E-state index contributed by atoms with van der Waals surface area (Å²) in [5.41, 5.74) is 2.24. The number of carbonyl (C=O) groups excluding carboxylic acids is 1. The molecule has 5 heteroatoms. The van der Waals surface area contributed by atoms with Gasteiger partial charge in [-0.2, -0.15) is 5.26 Å². The molecule has 18 heavy (non-hydrogen) atoms. The van der Waals surface area contributed by atoms with Crippen LogP contribution in [0.5, 0.6) is 0 Å². The van der Waals surface area contributed by atoms with E-state index in [4.69, 9.17) is 5.26 Å². The number of anilines is 1. The van der Waals surface area contributed by atoms with Crippen LogP contribution in [0.4, 0.5) is 5.82 Å². The van der Waals surface area contributed by atoms with Crippen molar-refractivity contribution in [3.8, 4) is 6.07 Å². The van der Waals surface area contributed by atoms with Crippen LogP contribution in [-0.4, -0.2) is 31.0 Å². The molecule has 0 bridgehead atoms. The van der Waals surface area contributed by atoms with Gasteiger partial charge < -0.3 is 10.2 Å². The molecule has 0 radical (unpaired) electrons. The molecule has 0 aliphatic rings. The number of nitrogens with one attached hydrogen (secondary N) is 1. The molecular formula is C13H18N4O. The molecule has 0 aromatic carbocycles. The van der Waals surface area contributed by atoms with Gasteiger partial charge in [-0.1, -0.05) is 0 Å². The summed E-state index contributed by atoms with van der Waals surface area (Å²) >= 11 is 0. The second-order valence-corrected chi connectivity index (χ2v) is 4.20. The number of nitrogens with zero attached hydrogens (tertiary/aromatic N) is 3. The minimum absolute atomic E-state index is 0.0788. The van der Waals surface area contributed by atoms with Crippen molar-refractivity contribution in [1.29, 1.82) is 5.26 Å². The summed E-state index contributed by atoms with van der Waals surface area (Å²) in [6, 6.07) is 4.00. The fourth-order valence-corrected chi connectivity index (χ4v) is 1.77. The molecule has 0 fully saturated rings. The normalized spacial score (nSPS) is 9.72. The van der Waals surface area contributed by atoms with E-state index >= 15 is 0 Å². The van der Waals surface area contributed by atoms with E-state index in [1.54, 1.807) is 11.9 Å². The molecule has 1 aromatic rings. The number of pyridine rings is 1. The third kappa shape index (κ3) is 3.20. The molecule has 0 aliphatic heterocycles. The maximum atomic E-state index is 11.5. The van der Waals surface area contributed by atoms with Gasteiger partial charge in [-0.05, 0) is 32.4 Å². The van der Waals surface area contributed by atoms with Gasteiger partial charge in [0.15, 0.2) is 0 Å². The summed E-state index contributed by atoms with van der Waals surface area (Å²) in [5, 5.41) is 11.9. The Balaban J connectivity index is 3.02. The van der Waals surface area contributed by atoms with Crippen LogP contribution in [0.25, 0.3) is 0 Å². The predicted octanol–water partition coefficient (Wildman–Crippen LogP) is 1.14. The predicted molar refractivity (Wildman–Crippen MR) is 70.4 cm³/mol. The highest BCUT2D eigenvalue weighted by molar-refractivity contribution is 5.81. The average Bonchev–Trinajstić information content (AvgIpc) is 2.28. The number of aromatic nitrogens is 1. The zero-order valence-corrected chi connectivity index (χ0v) is 11.2. The summed E-state index contributed by atoms with van der Waals surface area (Å²) in [5.74, 6) is 0.478. The van der Waals surface area contributed by atoms with E-state index < -0.39 is 0 Å². The fourth-order valence-electron chi connectivity index (χ4n) is 1.77. The standard InChI is InChI=1S/C13H18N4O/c1-5-15-12(18)8-17(4)13-11(7-14)9(2)6-10(3)16-13/h6H,5,8H2,1-4H3,(H,15,18). The van der Waals surface area contributed by atoms with Crippen molar-refractivity contribution in [3.63, 3.8) is 0 Å². The molecule has 1 N–H and O–H groups in total. The largest absolute Gasteiger partial charge is 0.355 e. The van der Waals surface area contributed by atoms with Crippen LogP contribution in [-0.2, 0) is 4.79 Å². The summed E-state index contributed by atoms with van der Waals surface area (Å²) in [6.45, 7) is 6.40. The molecule has 0 saturated heterocycles. The first-order valence-corrected chi connectivity index (χ1v) is 5.85.